The Morgan fingerprint density at radius 1 is 1.18 bits per heavy atom. The number of hydrogen-bond acceptors (Lipinski definition) is 3. The minimum atomic E-state index is 0.590. The average molecular weight is 308 g/mol. The fourth-order valence-corrected chi connectivity index (χ4v) is 3.30. The van der Waals surface area contributed by atoms with Gasteiger partial charge in [0.05, 0.1) is 17.5 Å². The Balaban J connectivity index is 1.93. The molecule has 0 saturated carbocycles. The zero-order chi connectivity index (χ0) is 15.4. The maximum absolute atomic E-state index is 11.2. The monoisotopic (exact) mass is 308 g/mol. The topological polar surface area (TPSA) is 45.8 Å². The van der Waals surface area contributed by atoms with E-state index < -0.39 is 0 Å². The second-order valence-corrected chi connectivity index (χ2v) is 6.11. The number of nitrogens with zero attached hydrogens (tertiary/aromatic N) is 1. The molecule has 0 saturated heterocycles. The third kappa shape index (κ3) is 3.12. The van der Waals surface area contributed by atoms with Crippen molar-refractivity contribution < 1.29 is 4.79 Å². The molecule has 0 bridgehead atoms. The maximum atomic E-state index is 11.2. The standard InChI is InChI=1S/C18H16N2OS/c1-13-7-8-17(22-12-14-5-3-2-4-6-14)16(9-13)18-15(11-21)10-19-20-18/h2-11H,12H2,1H3,(H,19,20). The van der Waals surface area contributed by atoms with Crippen LogP contribution in [0.25, 0.3) is 11.3 Å². The van der Waals surface area contributed by atoms with Crippen LogP contribution < -0.4 is 0 Å². The number of hydrogen-bond donors (Lipinski definition) is 1. The van der Waals surface area contributed by atoms with E-state index in [9.17, 15) is 4.79 Å². The molecular weight excluding hydrogens is 292 g/mol. The Labute approximate surface area is 133 Å². The molecule has 0 amide bonds. The number of aromatic amines is 1. The fraction of sp³-hybridized carbons (Fsp3) is 0.111. The molecule has 0 aliphatic heterocycles. The van der Waals surface area contributed by atoms with Gasteiger partial charge in [0.25, 0.3) is 0 Å². The molecule has 3 aromatic rings. The molecule has 3 nitrogen and oxygen atoms in total. The Bertz CT molecular complexity index is 781. The number of H-pyrrole nitrogens is 1. The van der Waals surface area contributed by atoms with Crippen molar-refractivity contribution in [3.8, 4) is 11.3 Å². The first-order valence-corrected chi connectivity index (χ1v) is 8.03. The molecule has 1 N–H and O–H groups in total. The lowest BCUT2D eigenvalue weighted by molar-refractivity contribution is 0.112. The van der Waals surface area contributed by atoms with Crippen LogP contribution in [-0.2, 0) is 5.75 Å². The summed E-state index contributed by atoms with van der Waals surface area (Å²) in [6.07, 6.45) is 2.41. The molecule has 0 atom stereocenters. The lowest BCUT2D eigenvalue weighted by Crippen LogP contribution is -1.90. The largest absolute Gasteiger partial charge is 0.298 e. The smallest absolute Gasteiger partial charge is 0.153 e. The van der Waals surface area contributed by atoms with Crippen molar-refractivity contribution in [3.05, 3.63) is 71.4 Å². The fourth-order valence-electron chi connectivity index (χ4n) is 2.30. The summed E-state index contributed by atoms with van der Waals surface area (Å²) in [5.41, 5.74) is 4.84. The molecule has 2 aromatic carbocycles. The lowest BCUT2D eigenvalue weighted by atomic mass is 10.1. The van der Waals surface area contributed by atoms with Crippen LogP contribution in [0.1, 0.15) is 21.5 Å². The van der Waals surface area contributed by atoms with Gasteiger partial charge in [0.2, 0.25) is 0 Å². The van der Waals surface area contributed by atoms with Crippen LogP contribution in [0.2, 0.25) is 0 Å². The number of benzene rings is 2. The Kier molecular flexibility index (Phi) is 4.39. The second-order valence-electron chi connectivity index (χ2n) is 5.09. The van der Waals surface area contributed by atoms with E-state index in [1.807, 2.05) is 25.1 Å². The number of thioether (sulfide) groups is 1. The molecule has 22 heavy (non-hydrogen) atoms. The van der Waals surface area contributed by atoms with Crippen LogP contribution >= 0.6 is 11.8 Å². The summed E-state index contributed by atoms with van der Waals surface area (Å²) < 4.78 is 0. The van der Waals surface area contributed by atoms with E-state index in [-0.39, 0.29) is 0 Å². The highest BCUT2D eigenvalue weighted by atomic mass is 32.2. The number of carbonyl (C=O) groups is 1. The van der Waals surface area contributed by atoms with Gasteiger partial charge in [0, 0.05) is 16.2 Å². The highest BCUT2D eigenvalue weighted by Gasteiger charge is 2.12. The molecule has 110 valence electrons. The highest BCUT2D eigenvalue weighted by Crippen LogP contribution is 2.34. The summed E-state index contributed by atoms with van der Waals surface area (Å²) in [7, 11) is 0. The van der Waals surface area contributed by atoms with Crippen LogP contribution in [0.5, 0.6) is 0 Å². The van der Waals surface area contributed by atoms with Gasteiger partial charge in [-0.05, 0) is 24.6 Å². The zero-order valence-electron chi connectivity index (χ0n) is 12.2. The van der Waals surface area contributed by atoms with Gasteiger partial charge in [-0.25, -0.2) is 0 Å². The van der Waals surface area contributed by atoms with Crippen LogP contribution in [0, 0.1) is 6.92 Å². The zero-order valence-corrected chi connectivity index (χ0v) is 13.1. The highest BCUT2D eigenvalue weighted by molar-refractivity contribution is 7.98. The molecule has 0 unspecified atom stereocenters. The number of aryl methyl sites for hydroxylation is 1. The predicted octanol–water partition coefficient (Wildman–Crippen LogP) is 4.49. The van der Waals surface area contributed by atoms with Gasteiger partial charge < -0.3 is 0 Å². The summed E-state index contributed by atoms with van der Waals surface area (Å²) in [6.45, 7) is 2.05. The Morgan fingerprint density at radius 3 is 2.77 bits per heavy atom. The number of rotatable bonds is 5. The van der Waals surface area contributed by atoms with Crippen molar-refractivity contribution in [1.29, 1.82) is 0 Å². The average Bonchev–Trinajstić information content (AvgIpc) is 3.03. The van der Waals surface area contributed by atoms with Gasteiger partial charge in [-0.2, -0.15) is 5.10 Å². The third-order valence-electron chi connectivity index (χ3n) is 3.44. The third-order valence-corrected chi connectivity index (χ3v) is 4.58. The molecule has 1 heterocycles. The second kappa shape index (κ2) is 6.62. The molecular formula is C18H16N2OS. The molecule has 0 aliphatic rings. The molecule has 0 fully saturated rings. The van der Waals surface area contributed by atoms with Crippen molar-refractivity contribution >= 4 is 18.0 Å². The van der Waals surface area contributed by atoms with Crippen molar-refractivity contribution in [3.63, 3.8) is 0 Å². The first kappa shape index (κ1) is 14.6. The summed E-state index contributed by atoms with van der Waals surface area (Å²) >= 11 is 1.76. The quantitative estimate of drug-likeness (QED) is 0.558. The van der Waals surface area contributed by atoms with E-state index in [1.165, 1.54) is 5.56 Å². The first-order chi connectivity index (χ1) is 10.8. The van der Waals surface area contributed by atoms with Gasteiger partial charge in [-0.1, -0.05) is 42.0 Å². The van der Waals surface area contributed by atoms with Crippen LogP contribution in [0.4, 0.5) is 0 Å². The number of nitrogens with one attached hydrogen (secondary N) is 1. The van der Waals surface area contributed by atoms with Gasteiger partial charge in [-0.3, -0.25) is 9.89 Å². The normalized spacial score (nSPS) is 10.6. The van der Waals surface area contributed by atoms with E-state index in [4.69, 9.17) is 0 Å². The van der Waals surface area contributed by atoms with Crippen LogP contribution in [-0.4, -0.2) is 16.5 Å². The van der Waals surface area contributed by atoms with Gasteiger partial charge in [0.1, 0.15) is 0 Å². The number of aldehydes is 1. The van der Waals surface area contributed by atoms with E-state index in [0.29, 0.717) is 5.56 Å². The molecule has 3 rings (SSSR count). The van der Waals surface area contributed by atoms with E-state index in [1.54, 1.807) is 18.0 Å². The SMILES string of the molecule is Cc1ccc(SCc2ccccc2)c(-c2[nH]ncc2C=O)c1. The number of carbonyl (C=O) groups excluding carboxylic acids is 1. The van der Waals surface area contributed by atoms with Crippen molar-refractivity contribution in [2.75, 3.05) is 0 Å². The molecule has 0 aliphatic carbocycles. The van der Waals surface area contributed by atoms with Crippen LogP contribution in [0.3, 0.4) is 0 Å². The van der Waals surface area contributed by atoms with Gasteiger partial charge >= 0.3 is 0 Å². The summed E-state index contributed by atoms with van der Waals surface area (Å²) in [5, 5.41) is 6.94. The van der Waals surface area contributed by atoms with E-state index in [2.05, 4.69) is 40.5 Å². The van der Waals surface area contributed by atoms with Gasteiger partial charge in [0.15, 0.2) is 6.29 Å². The molecule has 4 heteroatoms. The minimum Gasteiger partial charge on any atom is -0.298 e. The lowest BCUT2D eigenvalue weighted by Gasteiger charge is -2.10. The Morgan fingerprint density at radius 2 is 2.00 bits per heavy atom. The van der Waals surface area contributed by atoms with E-state index >= 15 is 0 Å². The van der Waals surface area contributed by atoms with Gasteiger partial charge in [-0.15, -0.1) is 11.8 Å². The summed E-state index contributed by atoms with van der Waals surface area (Å²) in [5.74, 6) is 0.890. The van der Waals surface area contributed by atoms with Crippen molar-refractivity contribution in [2.24, 2.45) is 0 Å². The van der Waals surface area contributed by atoms with Crippen LogP contribution in [0.15, 0.2) is 59.6 Å². The molecule has 0 radical (unpaired) electrons. The summed E-state index contributed by atoms with van der Waals surface area (Å²) in [6, 6.07) is 16.6. The Hall–Kier alpha value is -2.33. The minimum absolute atomic E-state index is 0.590. The molecule has 0 spiro atoms. The summed E-state index contributed by atoms with van der Waals surface area (Å²) in [4.78, 5) is 12.3. The van der Waals surface area contributed by atoms with E-state index in [0.717, 1.165) is 33.8 Å². The maximum Gasteiger partial charge on any atom is 0.153 e. The van der Waals surface area contributed by atoms with Crippen molar-refractivity contribution in [2.45, 2.75) is 17.6 Å². The first-order valence-electron chi connectivity index (χ1n) is 7.04. The van der Waals surface area contributed by atoms with Crippen molar-refractivity contribution in [1.82, 2.24) is 10.2 Å². The predicted molar refractivity (Wildman–Crippen MR) is 90.2 cm³/mol. The molecule has 1 aromatic heterocycles. The number of aromatic nitrogens is 2.